The van der Waals surface area contributed by atoms with E-state index in [1.807, 2.05) is 30.3 Å². The Bertz CT molecular complexity index is 1420. The van der Waals surface area contributed by atoms with Gasteiger partial charge in [0.25, 0.3) is 5.91 Å². The third-order valence-corrected chi connectivity index (χ3v) is 7.73. The largest absolute Gasteiger partial charge is 0.491 e. The molecule has 4 amide bonds. The summed E-state index contributed by atoms with van der Waals surface area (Å²) in [5.41, 5.74) is -1.53. The van der Waals surface area contributed by atoms with Crippen LogP contribution < -0.4 is 15.4 Å². The number of carbonyl (C=O) groups excluding carboxylic acids is 4. The molecule has 2 aromatic carbocycles. The van der Waals surface area contributed by atoms with E-state index >= 15 is 0 Å². The third-order valence-electron chi connectivity index (χ3n) is 7.48. The molecule has 0 radical (unpaired) electrons. The van der Waals surface area contributed by atoms with Gasteiger partial charge in [0.2, 0.25) is 11.8 Å². The number of ether oxygens (including phenoxy) is 2. The van der Waals surface area contributed by atoms with Gasteiger partial charge in [-0.05, 0) is 70.9 Å². The summed E-state index contributed by atoms with van der Waals surface area (Å²) in [6, 6.07) is 15.1. The molecule has 0 aliphatic carbocycles. The van der Waals surface area contributed by atoms with Crippen molar-refractivity contribution in [3.05, 3.63) is 65.2 Å². The summed E-state index contributed by atoms with van der Waals surface area (Å²) in [5.74, 6) is -0.770. The quantitative estimate of drug-likeness (QED) is 0.436. The fourth-order valence-corrected chi connectivity index (χ4v) is 5.40. The average molecular weight is 626 g/mol. The second kappa shape index (κ2) is 12.9. The predicted molar refractivity (Wildman–Crippen MR) is 166 cm³/mol. The van der Waals surface area contributed by atoms with Gasteiger partial charge in [0.05, 0.1) is 5.71 Å². The Morgan fingerprint density at radius 2 is 1.70 bits per heavy atom. The summed E-state index contributed by atoms with van der Waals surface area (Å²) in [5, 5.41) is 11.7. The summed E-state index contributed by atoms with van der Waals surface area (Å²) >= 11 is 6.01. The molecule has 2 heterocycles. The number of carbonyl (C=O) groups is 4. The Morgan fingerprint density at radius 1 is 1.05 bits per heavy atom. The number of benzene rings is 2. The first kappa shape index (κ1) is 32.8. The van der Waals surface area contributed by atoms with Crippen LogP contribution in [0.4, 0.5) is 4.79 Å². The van der Waals surface area contributed by atoms with Crippen molar-refractivity contribution in [2.75, 3.05) is 26.7 Å². The first-order chi connectivity index (χ1) is 20.6. The molecule has 4 rings (SSSR count). The Labute approximate surface area is 262 Å². The smallest absolute Gasteiger partial charge is 0.408 e. The molecule has 0 saturated carbocycles. The second-order valence-electron chi connectivity index (χ2n) is 12.7. The van der Waals surface area contributed by atoms with Crippen LogP contribution in [0.3, 0.4) is 0 Å². The van der Waals surface area contributed by atoms with Crippen molar-refractivity contribution in [3.8, 4) is 5.75 Å². The van der Waals surface area contributed by atoms with Crippen molar-refractivity contribution in [2.45, 2.75) is 64.6 Å². The lowest BCUT2D eigenvalue weighted by atomic mass is 9.73. The van der Waals surface area contributed by atoms with Crippen LogP contribution in [0, 0.1) is 5.41 Å². The van der Waals surface area contributed by atoms with Gasteiger partial charge in [-0.1, -0.05) is 41.9 Å². The first-order valence-electron chi connectivity index (χ1n) is 14.5. The average Bonchev–Trinajstić information content (AvgIpc) is 3.19. The number of halogens is 1. The van der Waals surface area contributed by atoms with Gasteiger partial charge in [-0.25, -0.2) is 9.80 Å². The monoisotopic (exact) mass is 625 g/mol. The summed E-state index contributed by atoms with van der Waals surface area (Å²) in [6.07, 6.45) is 0.0107. The minimum Gasteiger partial charge on any atom is -0.491 e. The third kappa shape index (κ3) is 7.68. The maximum absolute atomic E-state index is 14.2. The lowest BCUT2D eigenvalue weighted by molar-refractivity contribution is -0.143. The molecule has 0 aromatic heterocycles. The van der Waals surface area contributed by atoms with Gasteiger partial charge < -0.3 is 25.0 Å². The number of piperidine rings is 1. The van der Waals surface area contributed by atoms with Gasteiger partial charge in [-0.15, -0.1) is 0 Å². The number of fused-ring (bicyclic) bond motifs is 1. The molecule has 1 unspecified atom stereocenters. The van der Waals surface area contributed by atoms with E-state index in [1.165, 1.54) is 18.9 Å². The molecule has 44 heavy (non-hydrogen) atoms. The van der Waals surface area contributed by atoms with Crippen LogP contribution in [0.15, 0.2) is 59.7 Å². The van der Waals surface area contributed by atoms with Crippen molar-refractivity contribution >= 4 is 41.1 Å². The molecular formula is C32H40ClN5O6. The molecule has 1 fully saturated rings. The molecule has 2 aromatic rings. The topological polar surface area (TPSA) is 130 Å². The van der Waals surface area contributed by atoms with Crippen molar-refractivity contribution in [1.29, 1.82) is 0 Å². The van der Waals surface area contributed by atoms with Gasteiger partial charge >= 0.3 is 6.09 Å². The Kier molecular flexibility index (Phi) is 9.58. The van der Waals surface area contributed by atoms with Gasteiger partial charge in [-0.3, -0.25) is 14.4 Å². The van der Waals surface area contributed by atoms with Crippen molar-refractivity contribution < 1.29 is 28.7 Å². The molecule has 0 spiro atoms. The van der Waals surface area contributed by atoms with E-state index in [2.05, 4.69) is 15.7 Å². The molecule has 2 atom stereocenters. The van der Waals surface area contributed by atoms with Crippen LogP contribution in [0.1, 0.15) is 46.6 Å². The maximum atomic E-state index is 14.2. The highest BCUT2D eigenvalue weighted by molar-refractivity contribution is 6.30. The summed E-state index contributed by atoms with van der Waals surface area (Å²) in [6.45, 7) is 8.38. The number of nitrogens with one attached hydrogen (secondary N) is 2. The summed E-state index contributed by atoms with van der Waals surface area (Å²) < 4.78 is 11.2. The number of hydrazone groups is 1. The van der Waals surface area contributed by atoms with E-state index in [1.54, 1.807) is 57.0 Å². The Morgan fingerprint density at radius 3 is 2.34 bits per heavy atom. The summed E-state index contributed by atoms with van der Waals surface area (Å²) in [4.78, 5) is 55.3. The molecule has 12 heteroatoms. The van der Waals surface area contributed by atoms with Crippen LogP contribution in [0.25, 0.3) is 0 Å². The zero-order valence-electron chi connectivity index (χ0n) is 26.0. The number of hydrogen-bond donors (Lipinski definition) is 2. The van der Waals surface area contributed by atoms with E-state index in [0.29, 0.717) is 30.2 Å². The number of nitrogens with zero attached hydrogens (tertiary/aromatic N) is 3. The highest BCUT2D eigenvalue weighted by Crippen LogP contribution is 2.38. The Hall–Kier alpha value is -4.12. The zero-order chi connectivity index (χ0) is 32.3. The molecule has 1 saturated heterocycles. The van der Waals surface area contributed by atoms with E-state index < -0.39 is 40.5 Å². The first-order valence-corrected chi connectivity index (χ1v) is 14.9. The van der Waals surface area contributed by atoms with E-state index in [0.717, 1.165) is 11.3 Å². The minimum atomic E-state index is -1.43. The van der Waals surface area contributed by atoms with Crippen molar-refractivity contribution in [1.82, 2.24) is 20.5 Å². The predicted octanol–water partition coefficient (Wildman–Crippen LogP) is 3.80. The lowest BCUT2D eigenvalue weighted by Gasteiger charge is -2.41. The zero-order valence-corrected chi connectivity index (χ0v) is 26.7. The van der Waals surface area contributed by atoms with E-state index in [9.17, 15) is 19.2 Å². The molecule has 11 nitrogen and oxygen atoms in total. The molecule has 236 valence electrons. The van der Waals surface area contributed by atoms with E-state index in [4.69, 9.17) is 21.1 Å². The molecular weight excluding hydrogens is 586 g/mol. The molecule has 2 N–H and O–H groups in total. The van der Waals surface area contributed by atoms with E-state index in [-0.39, 0.29) is 19.1 Å². The van der Waals surface area contributed by atoms with Gasteiger partial charge in [0, 0.05) is 31.6 Å². The number of amides is 4. The maximum Gasteiger partial charge on any atom is 0.408 e. The van der Waals surface area contributed by atoms with Gasteiger partial charge in [-0.2, -0.15) is 5.10 Å². The SMILES string of the molecule is CN1N=C2CCN(C(=O)C(COc3ccc(Cl)cc3)NC(=O)C(C)(C)NC(=O)OC(C)(C)C)C[C@@]2(Cc2ccccc2)C1=O. The Balaban J connectivity index is 1.57. The van der Waals surface area contributed by atoms with Crippen LogP contribution >= 0.6 is 11.6 Å². The lowest BCUT2D eigenvalue weighted by Crippen LogP contribution is -2.63. The summed E-state index contributed by atoms with van der Waals surface area (Å²) in [7, 11) is 1.62. The fraction of sp³-hybridized carbons (Fsp3) is 0.469. The second-order valence-corrected chi connectivity index (χ2v) is 13.1. The van der Waals surface area contributed by atoms with Gasteiger partial charge in [0.15, 0.2) is 0 Å². The normalized spacial score (nSPS) is 19.1. The van der Waals surface area contributed by atoms with Crippen LogP contribution in [0.2, 0.25) is 5.02 Å². The van der Waals surface area contributed by atoms with Crippen LogP contribution in [-0.4, -0.2) is 83.4 Å². The molecule has 2 aliphatic heterocycles. The minimum absolute atomic E-state index is 0.0929. The van der Waals surface area contributed by atoms with Crippen LogP contribution in [-0.2, 0) is 25.5 Å². The van der Waals surface area contributed by atoms with Crippen molar-refractivity contribution in [2.24, 2.45) is 10.5 Å². The highest BCUT2D eigenvalue weighted by Gasteiger charge is 2.54. The number of rotatable bonds is 9. The standard InChI is InChI=1S/C32H40ClN5O6/c1-30(2,3)44-29(42)35-31(4,5)27(40)34-24(19-43-23-14-12-22(33)13-15-23)26(39)38-17-16-25-32(20-38,28(41)37(6)36-25)18-21-10-8-7-9-11-21/h7-15,24H,16-20H2,1-6H3,(H,34,40)(H,35,42)/t24?,32-/m1/s1. The molecule has 0 bridgehead atoms. The van der Waals surface area contributed by atoms with Crippen LogP contribution in [0.5, 0.6) is 5.75 Å². The van der Waals surface area contributed by atoms with Crippen molar-refractivity contribution in [3.63, 3.8) is 0 Å². The van der Waals surface area contributed by atoms with Gasteiger partial charge in [0.1, 0.15) is 35.0 Å². The number of alkyl carbamates (subject to hydrolysis) is 1. The fourth-order valence-electron chi connectivity index (χ4n) is 5.27. The number of hydrogen-bond acceptors (Lipinski definition) is 7. The molecule has 2 aliphatic rings. The number of likely N-dealkylation sites (tertiary alicyclic amines) is 1. The highest BCUT2D eigenvalue weighted by atomic mass is 35.5.